The van der Waals surface area contributed by atoms with Crippen LogP contribution in [0.15, 0.2) is 0 Å². The fraction of sp³-hybridized carbons (Fsp3) is 0.769. The molecule has 0 aromatic carbocycles. The van der Waals surface area contributed by atoms with Crippen molar-refractivity contribution < 1.29 is 27.8 Å². The molecule has 0 amide bonds. The smallest absolute Gasteiger partial charge is 0.452 e. The molecule has 1 aromatic heterocycles. The van der Waals surface area contributed by atoms with Crippen molar-refractivity contribution in [3.8, 4) is 0 Å². The summed E-state index contributed by atoms with van der Waals surface area (Å²) in [6.07, 6.45) is -1.71. The van der Waals surface area contributed by atoms with Gasteiger partial charge >= 0.3 is 12.1 Å². The molecular formula is C13H16F3N3O3S. The maximum absolute atomic E-state index is 12.4. The quantitative estimate of drug-likeness (QED) is 0.868. The zero-order valence-corrected chi connectivity index (χ0v) is 12.9. The Morgan fingerprint density at radius 3 is 2.74 bits per heavy atom. The lowest BCUT2D eigenvalue weighted by atomic mass is 9.59. The molecule has 1 saturated heterocycles. The molecule has 0 bridgehead atoms. The monoisotopic (exact) mass is 351 g/mol. The van der Waals surface area contributed by atoms with E-state index in [0.717, 1.165) is 12.8 Å². The van der Waals surface area contributed by atoms with Gasteiger partial charge in [-0.25, -0.2) is 0 Å². The number of carboxylic acids is 1. The molecule has 128 valence electrons. The van der Waals surface area contributed by atoms with Crippen LogP contribution >= 0.6 is 11.5 Å². The van der Waals surface area contributed by atoms with Gasteiger partial charge in [-0.1, -0.05) is 0 Å². The number of nitrogens with one attached hydrogen (secondary N) is 1. The van der Waals surface area contributed by atoms with Crippen LogP contribution in [0.25, 0.3) is 0 Å². The van der Waals surface area contributed by atoms with Crippen molar-refractivity contribution in [3.63, 3.8) is 0 Å². The molecule has 2 N–H and O–H groups in total. The zero-order chi connectivity index (χ0) is 16.7. The molecule has 3 rings (SSSR count). The number of rotatable bonds is 4. The summed E-state index contributed by atoms with van der Waals surface area (Å²) in [6, 6.07) is 0. The minimum atomic E-state index is -4.53. The molecule has 2 heterocycles. The Kier molecular flexibility index (Phi) is 4.21. The topological polar surface area (TPSA) is 84.3 Å². The minimum absolute atomic E-state index is 0.0221. The fourth-order valence-electron chi connectivity index (χ4n) is 3.17. The van der Waals surface area contributed by atoms with Gasteiger partial charge in [-0.15, -0.1) is 0 Å². The average molecular weight is 351 g/mol. The molecule has 1 aliphatic heterocycles. The van der Waals surface area contributed by atoms with E-state index in [0.29, 0.717) is 37.5 Å². The van der Waals surface area contributed by atoms with E-state index in [9.17, 15) is 18.0 Å². The van der Waals surface area contributed by atoms with Gasteiger partial charge in [-0.2, -0.15) is 22.5 Å². The number of alkyl halides is 3. The van der Waals surface area contributed by atoms with Gasteiger partial charge in [-0.3, -0.25) is 4.79 Å². The third-order valence-corrected chi connectivity index (χ3v) is 5.16. The molecule has 1 aliphatic carbocycles. The molecule has 2 aliphatic rings. The number of aromatic nitrogens is 2. The highest BCUT2D eigenvalue weighted by atomic mass is 32.1. The Bertz CT molecular complexity index is 577. The van der Waals surface area contributed by atoms with E-state index in [1.165, 1.54) is 0 Å². The van der Waals surface area contributed by atoms with Crippen molar-refractivity contribution in [1.82, 2.24) is 9.36 Å². The second-order valence-electron chi connectivity index (χ2n) is 6.22. The van der Waals surface area contributed by atoms with Crippen LogP contribution in [-0.4, -0.2) is 39.7 Å². The summed E-state index contributed by atoms with van der Waals surface area (Å²) in [5, 5.41) is 11.9. The van der Waals surface area contributed by atoms with E-state index >= 15 is 0 Å². The maximum Gasteiger partial charge on any atom is 0.452 e. The summed E-state index contributed by atoms with van der Waals surface area (Å²) in [6.45, 7) is 0.873. The molecule has 1 saturated carbocycles. The summed E-state index contributed by atoms with van der Waals surface area (Å²) in [5.41, 5.74) is -0.0221. The standard InChI is InChI=1S/C13H16F3N3O3S/c14-13(15,16)10-18-11(23-19-10)17-5-8-1-2-12(6-22-8)3-7(4-12)9(20)21/h7-8H,1-6H2,(H,20,21)(H,17,18,19). The Hall–Kier alpha value is -1.42. The minimum Gasteiger partial charge on any atom is -0.481 e. The number of carboxylic acid groups (broad SMARTS) is 1. The first-order valence-electron chi connectivity index (χ1n) is 7.27. The SMILES string of the molecule is O=C(O)C1CC2(CCC(CNc3nc(C(F)(F)F)ns3)OC2)C1. The molecular weight excluding hydrogens is 335 g/mol. The second kappa shape index (κ2) is 5.90. The van der Waals surface area contributed by atoms with Crippen molar-refractivity contribution in [2.75, 3.05) is 18.5 Å². The van der Waals surface area contributed by atoms with Crippen molar-refractivity contribution >= 4 is 22.6 Å². The van der Waals surface area contributed by atoms with Crippen molar-refractivity contribution in [2.45, 2.75) is 38.0 Å². The molecule has 1 unspecified atom stereocenters. The summed E-state index contributed by atoms with van der Waals surface area (Å²) in [4.78, 5) is 14.3. The largest absolute Gasteiger partial charge is 0.481 e. The Morgan fingerprint density at radius 2 is 2.22 bits per heavy atom. The van der Waals surface area contributed by atoms with Crippen LogP contribution in [0.3, 0.4) is 0 Å². The van der Waals surface area contributed by atoms with E-state index in [-0.39, 0.29) is 22.6 Å². The Balaban J connectivity index is 1.43. The van der Waals surface area contributed by atoms with Gasteiger partial charge < -0.3 is 15.2 Å². The number of halogens is 3. The van der Waals surface area contributed by atoms with E-state index in [1.54, 1.807) is 0 Å². The van der Waals surface area contributed by atoms with Gasteiger partial charge in [0.1, 0.15) is 0 Å². The zero-order valence-electron chi connectivity index (χ0n) is 12.1. The third kappa shape index (κ3) is 3.57. The summed E-state index contributed by atoms with van der Waals surface area (Å²) in [7, 11) is 0. The van der Waals surface area contributed by atoms with Crippen LogP contribution in [0.2, 0.25) is 0 Å². The summed E-state index contributed by atoms with van der Waals surface area (Å²) in [5.74, 6) is -2.16. The first kappa shape index (κ1) is 16.4. The average Bonchev–Trinajstić information content (AvgIpc) is 2.92. The number of anilines is 1. The Morgan fingerprint density at radius 1 is 1.48 bits per heavy atom. The van der Waals surface area contributed by atoms with Gasteiger partial charge in [0.25, 0.3) is 0 Å². The number of hydrogen-bond donors (Lipinski definition) is 2. The van der Waals surface area contributed by atoms with Crippen LogP contribution in [0.4, 0.5) is 18.3 Å². The molecule has 0 radical (unpaired) electrons. The number of nitrogens with zero attached hydrogens (tertiary/aromatic N) is 2. The van der Waals surface area contributed by atoms with E-state index < -0.39 is 18.0 Å². The lowest BCUT2D eigenvalue weighted by Gasteiger charge is -2.49. The molecule has 23 heavy (non-hydrogen) atoms. The van der Waals surface area contributed by atoms with Gasteiger partial charge in [0.2, 0.25) is 11.0 Å². The maximum atomic E-state index is 12.4. The molecule has 1 atom stereocenters. The number of aliphatic carboxylic acids is 1. The normalized spacial score (nSPS) is 30.9. The summed E-state index contributed by atoms with van der Waals surface area (Å²) >= 11 is 0.671. The first-order chi connectivity index (χ1) is 10.8. The van der Waals surface area contributed by atoms with Crippen molar-refractivity contribution in [2.24, 2.45) is 11.3 Å². The highest BCUT2D eigenvalue weighted by Gasteiger charge is 2.49. The molecule has 2 fully saturated rings. The Labute approximate surface area is 134 Å². The van der Waals surface area contributed by atoms with Crippen LogP contribution in [0.1, 0.15) is 31.5 Å². The number of carbonyl (C=O) groups is 1. The third-order valence-electron chi connectivity index (χ3n) is 4.49. The predicted octanol–water partition coefficient (Wildman–Crippen LogP) is 2.63. The molecule has 1 spiro atoms. The van der Waals surface area contributed by atoms with Crippen LogP contribution in [0, 0.1) is 11.3 Å². The van der Waals surface area contributed by atoms with Gasteiger partial charge in [0, 0.05) is 18.1 Å². The fourth-order valence-corrected chi connectivity index (χ4v) is 3.76. The van der Waals surface area contributed by atoms with Crippen molar-refractivity contribution in [1.29, 1.82) is 0 Å². The predicted molar refractivity (Wildman–Crippen MR) is 75.2 cm³/mol. The number of ether oxygens (including phenoxy) is 1. The van der Waals surface area contributed by atoms with E-state index in [2.05, 4.69) is 14.7 Å². The second-order valence-corrected chi connectivity index (χ2v) is 6.97. The molecule has 1 aromatic rings. The van der Waals surface area contributed by atoms with Crippen LogP contribution < -0.4 is 5.32 Å². The number of hydrogen-bond acceptors (Lipinski definition) is 6. The van der Waals surface area contributed by atoms with Gasteiger partial charge in [0.05, 0.1) is 18.6 Å². The van der Waals surface area contributed by atoms with Gasteiger partial charge in [0.15, 0.2) is 0 Å². The van der Waals surface area contributed by atoms with Crippen LogP contribution in [-0.2, 0) is 15.7 Å². The highest BCUT2D eigenvalue weighted by molar-refractivity contribution is 7.09. The van der Waals surface area contributed by atoms with E-state index in [1.807, 2.05) is 0 Å². The van der Waals surface area contributed by atoms with Crippen LogP contribution in [0.5, 0.6) is 0 Å². The lowest BCUT2D eigenvalue weighted by molar-refractivity contribution is -0.161. The summed E-state index contributed by atoms with van der Waals surface area (Å²) < 4.78 is 46.2. The van der Waals surface area contributed by atoms with Crippen molar-refractivity contribution in [3.05, 3.63) is 5.82 Å². The molecule has 6 nitrogen and oxygen atoms in total. The van der Waals surface area contributed by atoms with Gasteiger partial charge in [-0.05, 0) is 31.1 Å². The first-order valence-corrected chi connectivity index (χ1v) is 8.04. The van der Waals surface area contributed by atoms with E-state index in [4.69, 9.17) is 9.84 Å². The molecule has 10 heteroatoms. The lowest BCUT2D eigenvalue weighted by Crippen LogP contribution is -2.49. The highest BCUT2D eigenvalue weighted by Crippen LogP contribution is 2.51.